The predicted molar refractivity (Wildman–Crippen MR) is 86.3 cm³/mol. The smallest absolute Gasteiger partial charge is 0.243 e. The second-order valence-corrected chi connectivity index (χ2v) is 7.70. The van der Waals surface area contributed by atoms with Gasteiger partial charge in [-0.2, -0.15) is 4.31 Å². The molecule has 1 aliphatic rings. The molecule has 122 valence electrons. The average molecular weight is 345 g/mol. The highest BCUT2D eigenvalue weighted by molar-refractivity contribution is 7.89. The summed E-state index contributed by atoms with van der Waals surface area (Å²) >= 11 is 5.79. The molecule has 5 nitrogen and oxygen atoms in total. The van der Waals surface area contributed by atoms with Gasteiger partial charge in [-0.15, -0.1) is 0 Å². The number of likely N-dealkylation sites (tertiary alicyclic amines) is 1. The van der Waals surface area contributed by atoms with Gasteiger partial charge in [-0.1, -0.05) is 18.5 Å². The number of piperidine rings is 1. The first-order valence-corrected chi connectivity index (χ1v) is 9.30. The Bertz CT molecular complexity index is 610. The largest absolute Gasteiger partial charge is 0.342 e. The summed E-state index contributed by atoms with van der Waals surface area (Å²) in [7, 11) is -3.67. The van der Waals surface area contributed by atoms with Gasteiger partial charge in [0.2, 0.25) is 15.9 Å². The Morgan fingerprint density at radius 1 is 1.18 bits per heavy atom. The Morgan fingerprint density at radius 3 is 2.32 bits per heavy atom. The molecule has 1 saturated heterocycles. The summed E-state index contributed by atoms with van der Waals surface area (Å²) in [6.45, 7) is 3.32. The number of nitrogens with zero attached hydrogens (tertiary/aromatic N) is 2. The van der Waals surface area contributed by atoms with E-state index in [4.69, 9.17) is 11.6 Å². The fourth-order valence-corrected chi connectivity index (χ4v) is 4.04. The Balaban J connectivity index is 2.12. The van der Waals surface area contributed by atoms with Gasteiger partial charge < -0.3 is 4.90 Å². The van der Waals surface area contributed by atoms with Crippen molar-refractivity contribution in [3.63, 3.8) is 0 Å². The van der Waals surface area contributed by atoms with E-state index in [2.05, 4.69) is 0 Å². The van der Waals surface area contributed by atoms with Crippen LogP contribution >= 0.6 is 11.6 Å². The lowest BCUT2D eigenvalue weighted by Crippen LogP contribution is -2.44. The zero-order chi connectivity index (χ0) is 16.2. The molecular weight excluding hydrogens is 324 g/mol. The molecule has 7 heteroatoms. The zero-order valence-electron chi connectivity index (χ0n) is 12.7. The van der Waals surface area contributed by atoms with Crippen LogP contribution in [0, 0.1) is 0 Å². The third kappa shape index (κ3) is 4.00. The fraction of sp³-hybridized carbons (Fsp3) is 0.533. The van der Waals surface area contributed by atoms with Crippen LogP contribution in [0.4, 0.5) is 0 Å². The van der Waals surface area contributed by atoms with Gasteiger partial charge in [-0.3, -0.25) is 4.79 Å². The lowest BCUT2D eigenvalue weighted by molar-refractivity contribution is -0.132. The molecule has 0 N–H and O–H groups in total. The van der Waals surface area contributed by atoms with Crippen molar-refractivity contribution in [1.29, 1.82) is 0 Å². The van der Waals surface area contributed by atoms with Crippen molar-refractivity contribution in [2.24, 2.45) is 0 Å². The Hall–Kier alpha value is -1.11. The van der Waals surface area contributed by atoms with Crippen molar-refractivity contribution >= 4 is 27.5 Å². The van der Waals surface area contributed by atoms with Crippen molar-refractivity contribution in [1.82, 2.24) is 9.21 Å². The molecule has 0 unspecified atom stereocenters. The van der Waals surface area contributed by atoms with E-state index in [1.165, 1.54) is 28.6 Å². The maximum absolute atomic E-state index is 12.6. The minimum absolute atomic E-state index is 0.110. The van der Waals surface area contributed by atoms with Crippen molar-refractivity contribution in [3.8, 4) is 0 Å². The molecule has 22 heavy (non-hydrogen) atoms. The highest BCUT2D eigenvalue weighted by atomic mass is 35.5. The third-order valence-electron chi connectivity index (χ3n) is 3.82. The summed E-state index contributed by atoms with van der Waals surface area (Å²) in [6.07, 6.45) is 3.11. The molecule has 0 atom stereocenters. The van der Waals surface area contributed by atoms with Crippen LogP contribution in [0.1, 0.15) is 26.2 Å². The number of hydrogen-bond acceptors (Lipinski definition) is 3. The number of amides is 1. The minimum Gasteiger partial charge on any atom is -0.342 e. The first-order valence-electron chi connectivity index (χ1n) is 7.48. The molecule has 0 aromatic heterocycles. The number of likely N-dealkylation sites (N-methyl/N-ethyl adjacent to an activating group) is 1. The molecule has 0 aliphatic carbocycles. The second-order valence-electron chi connectivity index (χ2n) is 5.33. The van der Waals surface area contributed by atoms with Crippen molar-refractivity contribution in [2.75, 3.05) is 26.2 Å². The summed E-state index contributed by atoms with van der Waals surface area (Å²) in [5.74, 6) is -0.126. The lowest BCUT2D eigenvalue weighted by atomic mass is 10.1. The lowest BCUT2D eigenvalue weighted by Gasteiger charge is -2.29. The van der Waals surface area contributed by atoms with Crippen LogP contribution < -0.4 is 0 Å². The topological polar surface area (TPSA) is 57.7 Å². The predicted octanol–water partition coefficient (Wildman–Crippen LogP) is 2.36. The van der Waals surface area contributed by atoms with E-state index in [-0.39, 0.29) is 23.9 Å². The van der Waals surface area contributed by atoms with E-state index in [1.54, 1.807) is 11.8 Å². The first-order chi connectivity index (χ1) is 10.4. The number of benzene rings is 1. The maximum Gasteiger partial charge on any atom is 0.243 e. The van der Waals surface area contributed by atoms with Gasteiger partial charge in [0.25, 0.3) is 0 Å². The van der Waals surface area contributed by atoms with Crippen LogP contribution in [0.2, 0.25) is 5.02 Å². The van der Waals surface area contributed by atoms with Gasteiger partial charge in [-0.25, -0.2) is 8.42 Å². The first kappa shape index (κ1) is 17.2. The standard InChI is InChI=1S/C15H21ClN2O3S/c1-2-18(12-15(19)17-10-4-3-5-11-17)22(20,21)14-8-6-13(16)7-9-14/h6-9H,2-5,10-12H2,1H3. The molecule has 1 amide bonds. The van der Waals surface area contributed by atoms with Crippen LogP contribution in [0.15, 0.2) is 29.2 Å². The molecular formula is C15H21ClN2O3S. The number of carbonyl (C=O) groups excluding carboxylic acids is 1. The number of carbonyl (C=O) groups is 1. The minimum atomic E-state index is -3.67. The maximum atomic E-state index is 12.6. The number of rotatable bonds is 5. The third-order valence-corrected chi connectivity index (χ3v) is 6.01. The number of hydrogen-bond donors (Lipinski definition) is 0. The molecule has 1 aromatic carbocycles. The van der Waals surface area contributed by atoms with Crippen LogP contribution in [-0.2, 0) is 14.8 Å². The summed E-state index contributed by atoms with van der Waals surface area (Å²) in [5.41, 5.74) is 0. The van der Waals surface area contributed by atoms with Gasteiger partial charge in [0.05, 0.1) is 11.4 Å². The molecule has 0 bridgehead atoms. The van der Waals surface area contributed by atoms with E-state index in [0.29, 0.717) is 5.02 Å². The normalized spacial score (nSPS) is 16.0. The van der Waals surface area contributed by atoms with Gasteiger partial charge in [0.1, 0.15) is 0 Å². The molecule has 1 aromatic rings. The molecule has 0 radical (unpaired) electrons. The van der Waals surface area contributed by atoms with Crippen molar-refractivity contribution < 1.29 is 13.2 Å². The van der Waals surface area contributed by atoms with Gasteiger partial charge in [-0.05, 0) is 43.5 Å². The van der Waals surface area contributed by atoms with E-state index in [1.807, 2.05) is 0 Å². The Kier molecular flexibility index (Phi) is 5.83. The summed E-state index contributed by atoms with van der Waals surface area (Å²) in [5, 5.41) is 0.478. The Morgan fingerprint density at radius 2 is 1.77 bits per heavy atom. The van der Waals surface area contributed by atoms with Gasteiger partial charge >= 0.3 is 0 Å². The zero-order valence-corrected chi connectivity index (χ0v) is 14.2. The molecule has 1 aliphatic heterocycles. The molecule has 2 rings (SSSR count). The Labute approximate surface area is 136 Å². The van der Waals surface area contributed by atoms with E-state index in [9.17, 15) is 13.2 Å². The van der Waals surface area contributed by atoms with Crippen LogP contribution in [-0.4, -0.2) is 49.7 Å². The van der Waals surface area contributed by atoms with Crippen LogP contribution in [0.25, 0.3) is 0 Å². The van der Waals surface area contributed by atoms with Crippen LogP contribution in [0.3, 0.4) is 0 Å². The summed E-state index contributed by atoms with van der Waals surface area (Å²) in [4.78, 5) is 14.2. The van der Waals surface area contributed by atoms with Gasteiger partial charge in [0.15, 0.2) is 0 Å². The monoisotopic (exact) mass is 344 g/mol. The number of sulfonamides is 1. The van der Waals surface area contributed by atoms with E-state index < -0.39 is 10.0 Å². The average Bonchev–Trinajstić information content (AvgIpc) is 2.53. The quantitative estimate of drug-likeness (QED) is 0.824. The fourth-order valence-electron chi connectivity index (χ4n) is 2.52. The van der Waals surface area contributed by atoms with Gasteiger partial charge in [0, 0.05) is 24.7 Å². The van der Waals surface area contributed by atoms with Crippen molar-refractivity contribution in [2.45, 2.75) is 31.1 Å². The highest BCUT2D eigenvalue weighted by Crippen LogP contribution is 2.19. The van der Waals surface area contributed by atoms with E-state index >= 15 is 0 Å². The second kappa shape index (κ2) is 7.44. The van der Waals surface area contributed by atoms with E-state index in [0.717, 1.165) is 32.4 Å². The molecule has 1 heterocycles. The molecule has 0 saturated carbocycles. The summed E-state index contributed by atoms with van der Waals surface area (Å²) in [6, 6.07) is 6.00. The van der Waals surface area contributed by atoms with Crippen LogP contribution in [0.5, 0.6) is 0 Å². The highest BCUT2D eigenvalue weighted by Gasteiger charge is 2.27. The molecule has 1 fully saturated rings. The number of halogens is 1. The summed E-state index contributed by atoms with van der Waals surface area (Å²) < 4.78 is 26.4. The SMILES string of the molecule is CCN(CC(=O)N1CCCCC1)S(=O)(=O)c1ccc(Cl)cc1. The van der Waals surface area contributed by atoms with Crippen molar-refractivity contribution in [3.05, 3.63) is 29.3 Å². The molecule has 0 spiro atoms.